The lowest BCUT2D eigenvalue weighted by Crippen LogP contribution is -2.40. The topological polar surface area (TPSA) is 115 Å². The first kappa shape index (κ1) is 16.6. The molecule has 0 heterocycles. The van der Waals surface area contributed by atoms with Crippen molar-refractivity contribution in [3.63, 3.8) is 0 Å². The summed E-state index contributed by atoms with van der Waals surface area (Å²) in [6.07, 6.45) is 2.54. The van der Waals surface area contributed by atoms with E-state index < -0.39 is 15.9 Å². The molecule has 6 nitrogen and oxygen atoms in total. The Morgan fingerprint density at radius 2 is 2.10 bits per heavy atom. The van der Waals surface area contributed by atoms with E-state index in [1.807, 2.05) is 6.92 Å². The number of primary amides is 1. The van der Waals surface area contributed by atoms with Crippen molar-refractivity contribution in [1.82, 2.24) is 4.72 Å². The van der Waals surface area contributed by atoms with Crippen molar-refractivity contribution in [2.24, 2.45) is 11.5 Å². The average molecular weight is 299 g/mol. The van der Waals surface area contributed by atoms with Gasteiger partial charge in [-0.15, -0.1) is 0 Å². The van der Waals surface area contributed by atoms with Crippen molar-refractivity contribution in [2.45, 2.75) is 37.1 Å². The zero-order valence-corrected chi connectivity index (χ0v) is 12.3. The second-order valence-electron chi connectivity index (χ2n) is 4.59. The second-order valence-corrected chi connectivity index (χ2v) is 6.30. The lowest BCUT2D eigenvalue weighted by Gasteiger charge is -2.16. The van der Waals surface area contributed by atoms with E-state index in [0.717, 1.165) is 12.8 Å². The van der Waals surface area contributed by atoms with Crippen LogP contribution in [0.2, 0.25) is 0 Å². The Morgan fingerprint density at radius 1 is 1.40 bits per heavy atom. The summed E-state index contributed by atoms with van der Waals surface area (Å²) in [5.41, 5.74) is 10.9. The fourth-order valence-corrected chi connectivity index (χ4v) is 3.11. The second kappa shape index (κ2) is 7.37. The Balaban J connectivity index is 2.92. The molecule has 1 aromatic carbocycles. The van der Waals surface area contributed by atoms with Gasteiger partial charge in [0.05, 0.1) is 4.90 Å². The Kier molecular flexibility index (Phi) is 6.12. The van der Waals surface area contributed by atoms with Gasteiger partial charge in [-0.25, -0.2) is 13.1 Å². The summed E-state index contributed by atoms with van der Waals surface area (Å²) in [6.45, 7) is 2.26. The number of hydrogen-bond donors (Lipinski definition) is 3. The van der Waals surface area contributed by atoms with Crippen LogP contribution in [0.15, 0.2) is 29.2 Å². The maximum Gasteiger partial charge on any atom is 0.248 e. The van der Waals surface area contributed by atoms with Crippen molar-refractivity contribution < 1.29 is 13.2 Å². The minimum absolute atomic E-state index is 0.0174. The van der Waals surface area contributed by atoms with Gasteiger partial charge in [-0.2, -0.15) is 0 Å². The van der Waals surface area contributed by atoms with Gasteiger partial charge in [0.25, 0.3) is 0 Å². The predicted molar refractivity (Wildman–Crippen MR) is 77.6 cm³/mol. The van der Waals surface area contributed by atoms with Gasteiger partial charge in [-0.05, 0) is 24.6 Å². The molecule has 1 rings (SSSR count). The van der Waals surface area contributed by atoms with Gasteiger partial charge in [0.15, 0.2) is 0 Å². The van der Waals surface area contributed by atoms with Crippen LogP contribution in [0, 0.1) is 0 Å². The summed E-state index contributed by atoms with van der Waals surface area (Å²) in [5, 5.41) is 0. The molecule has 1 unspecified atom stereocenters. The van der Waals surface area contributed by atoms with E-state index in [9.17, 15) is 13.2 Å². The van der Waals surface area contributed by atoms with Crippen LogP contribution in [0.3, 0.4) is 0 Å². The minimum Gasteiger partial charge on any atom is -0.366 e. The summed E-state index contributed by atoms with van der Waals surface area (Å²) in [5.74, 6) is -0.664. The van der Waals surface area contributed by atoms with E-state index in [0.29, 0.717) is 6.42 Å². The van der Waals surface area contributed by atoms with Crippen LogP contribution in [0.5, 0.6) is 0 Å². The van der Waals surface area contributed by atoms with Gasteiger partial charge in [0.1, 0.15) is 0 Å². The van der Waals surface area contributed by atoms with Gasteiger partial charge >= 0.3 is 0 Å². The van der Waals surface area contributed by atoms with E-state index in [2.05, 4.69) is 4.72 Å². The fourth-order valence-electron chi connectivity index (χ4n) is 1.78. The molecule has 5 N–H and O–H groups in total. The van der Waals surface area contributed by atoms with E-state index in [1.54, 1.807) is 0 Å². The molecule has 7 heteroatoms. The summed E-state index contributed by atoms with van der Waals surface area (Å²) in [4.78, 5) is 11.1. The normalized spacial score (nSPS) is 13.1. The number of hydrogen-bond acceptors (Lipinski definition) is 4. The Bertz CT molecular complexity index is 558. The molecule has 0 aliphatic rings. The molecule has 0 saturated heterocycles. The van der Waals surface area contributed by atoms with Gasteiger partial charge in [0, 0.05) is 18.2 Å². The van der Waals surface area contributed by atoms with E-state index >= 15 is 0 Å². The van der Waals surface area contributed by atoms with E-state index in [-0.39, 0.29) is 23.0 Å². The average Bonchev–Trinajstić information content (AvgIpc) is 2.43. The first-order valence-corrected chi connectivity index (χ1v) is 8.01. The molecular weight excluding hydrogens is 278 g/mol. The molecule has 112 valence electrons. The smallest absolute Gasteiger partial charge is 0.248 e. The lowest BCUT2D eigenvalue weighted by atomic mass is 10.1. The highest BCUT2D eigenvalue weighted by Crippen LogP contribution is 2.13. The number of rotatable bonds is 8. The zero-order valence-electron chi connectivity index (χ0n) is 11.5. The van der Waals surface area contributed by atoms with Gasteiger partial charge in [0.2, 0.25) is 15.9 Å². The third-order valence-electron chi connectivity index (χ3n) is 2.94. The molecule has 0 aliphatic heterocycles. The van der Waals surface area contributed by atoms with E-state index in [1.165, 1.54) is 24.3 Å². The molecular formula is C13H21N3O3S. The van der Waals surface area contributed by atoms with Crippen LogP contribution in [0.4, 0.5) is 0 Å². The summed E-state index contributed by atoms with van der Waals surface area (Å²) in [6, 6.07) is 5.33. The van der Waals surface area contributed by atoms with Gasteiger partial charge in [-0.3, -0.25) is 4.79 Å². The van der Waals surface area contributed by atoms with Crippen LogP contribution >= 0.6 is 0 Å². The molecule has 0 bridgehead atoms. The van der Waals surface area contributed by atoms with Crippen LogP contribution in [-0.4, -0.2) is 26.9 Å². The third-order valence-corrected chi connectivity index (χ3v) is 4.46. The van der Waals surface area contributed by atoms with Crippen molar-refractivity contribution in [1.29, 1.82) is 0 Å². The fraction of sp³-hybridized carbons (Fsp3) is 0.462. The number of amides is 1. The molecule has 1 aromatic rings. The molecule has 1 atom stereocenters. The van der Waals surface area contributed by atoms with Crippen LogP contribution in [0.25, 0.3) is 0 Å². The number of nitrogens with two attached hydrogens (primary N) is 2. The predicted octanol–water partition coefficient (Wildman–Crippen LogP) is 0.581. The molecule has 0 saturated carbocycles. The largest absolute Gasteiger partial charge is 0.366 e. The van der Waals surface area contributed by atoms with Crippen LogP contribution < -0.4 is 16.2 Å². The first-order chi connectivity index (χ1) is 9.40. The van der Waals surface area contributed by atoms with Crippen molar-refractivity contribution in [2.75, 3.05) is 6.54 Å². The molecule has 20 heavy (non-hydrogen) atoms. The van der Waals surface area contributed by atoms with Crippen molar-refractivity contribution in [3.8, 4) is 0 Å². The maximum absolute atomic E-state index is 12.2. The van der Waals surface area contributed by atoms with Crippen LogP contribution in [-0.2, 0) is 10.0 Å². The molecule has 0 radical (unpaired) electrons. The summed E-state index contributed by atoms with van der Waals surface area (Å²) < 4.78 is 27.0. The Hall–Kier alpha value is -1.44. The highest BCUT2D eigenvalue weighted by atomic mass is 32.2. The van der Waals surface area contributed by atoms with Gasteiger partial charge < -0.3 is 11.5 Å². The molecule has 0 fully saturated rings. The van der Waals surface area contributed by atoms with E-state index in [4.69, 9.17) is 11.5 Å². The number of nitrogens with one attached hydrogen (secondary N) is 1. The number of benzene rings is 1. The molecule has 0 spiro atoms. The number of sulfonamides is 1. The van der Waals surface area contributed by atoms with Crippen molar-refractivity contribution in [3.05, 3.63) is 29.8 Å². The highest BCUT2D eigenvalue weighted by Gasteiger charge is 2.19. The number of carbonyl (C=O) groups is 1. The quantitative estimate of drug-likeness (QED) is 0.651. The first-order valence-electron chi connectivity index (χ1n) is 6.53. The highest BCUT2D eigenvalue weighted by molar-refractivity contribution is 7.89. The zero-order chi connectivity index (χ0) is 15.2. The SMILES string of the molecule is CCCCC(CN)NS(=O)(=O)c1cccc(C(N)=O)c1. The summed E-state index contributed by atoms with van der Waals surface area (Å²) in [7, 11) is -3.70. The minimum atomic E-state index is -3.70. The Labute approximate surface area is 119 Å². The molecule has 1 amide bonds. The lowest BCUT2D eigenvalue weighted by molar-refractivity contribution is 0.1000. The monoisotopic (exact) mass is 299 g/mol. The number of unbranched alkanes of at least 4 members (excludes halogenated alkanes) is 1. The van der Waals surface area contributed by atoms with Crippen molar-refractivity contribution >= 4 is 15.9 Å². The molecule has 0 aromatic heterocycles. The maximum atomic E-state index is 12.2. The third kappa shape index (κ3) is 4.59. The van der Waals surface area contributed by atoms with Crippen LogP contribution in [0.1, 0.15) is 36.5 Å². The summed E-state index contributed by atoms with van der Waals surface area (Å²) >= 11 is 0. The number of carbonyl (C=O) groups excluding carboxylic acids is 1. The van der Waals surface area contributed by atoms with Gasteiger partial charge in [-0.1, -0.05) is 25.8 Å². The molecule has 0 aliphatic carbocycles. The standard InChI is InChI=1S/C13H21N3O3S/c1-2-3-6-11(9-14)16-20(18,19)12-7-4-5-10(8-12)13(15)17/h4-5,7-8,11,16H,2-3,6,9,14H2,1H3,(H2,15,17). The Morgan fingerprint density at radius 3 is 2.65 bits per heavy atom.